The second kappa shape index (κ2) is 7.09. The fraction of sp³-hybridized carbons (Fsp3) is 0.333. The normalized spacial score (nSPS) is 11.9. The molecule has 1 rings (SSSR count). The molecular weight excluding hydrogens is 236 g/mol. The van der Waals surface area contributed by atoms with Crippen LogP contribution < -0.4 is 11.1 Å². The third-order valence-corrected chi connectivity index (χ3v) is 2.89. The first-order valence-corrected chi connectivity index (χ1v) is 6.69. The predicted octanol–water partition coefficient (Wildman–Crippen LogP) is 1.02. The monoisotopic (exact) mass is 252 g/mol. The number of rotatable bonds is 5. The van der Waals surface area contributed by atoms with Crippen LogP contribution in [0.1, 0.15) is 16.8 Å². The van der Waals surface area contributed by atoms with E-state index in [0.717, 1.165) is 5.75 Å². The van der Waals surface area contributed by atoms with Crippen LogP contribution in [-0.4, -0.2) is 29.9 Å². The lowest BCUT2D eigenvalue weighted by Gasteiger charge is -2.10. The van der Waals surface area contributed by atoms with E-state index in [2.05, 4.69) is 5.32 Å². The van der Waals surface area contributed by atoms with Crippen LogP contribution in [0.25, 0.3) is 0 Å². The van der Waals surface area contributed by atoms with Crippen LogP contribution in [0.3, 0.4) is 0 Å². The Labute approximate surface area is 105 Å². The number of hydrogen-bond acceptors (Lipinski definition) is 4. The summed E-state index contributed by atoms with van der Waals surface area (Å²) in [5, 5.41) is 2.29. The fourth-order valence-electron chi connectivity index (χ4n) is 1.24. The Kier molecular flexibility index (Phi) is 5.72. The summed E-state index contributed by atoms with van der Waals surface area (Å²) >= 11 is 1.62. The number of thioether (sulfide) groups is 1. The highest BCUT2D eigenvalue weighted by Crippen LogP contribution is 2.01. The summed E-state index contributed by atoms with van der Waals surface area (Å²) in [5.74, 6) is -0.0307. The van der Waals surface area contributed by atoms with Crippen LogP contribution in [0.2, 0.25) is 0 Å². The van der Waals surface area contributed by atoms with Crippen LogP contribution in [0.15, 0.2) is 30.3 Å². The van der Waals surface area contributed by atoms with Gasteiger partial charge < -0.3 is 5.73 Å². The number of benzene rings is 1. The minimum absolute atomic E-state index is 0.407. The highest BCUT2D eigenvalue weighted by Gasteiger charge is 2.16. The molecule has 0 aliphatic heterocycles. The van der Waals surface area contributed by atoms with Crippen LogP contribution in [-0.2, 0) is 4.79 Å². The van der Waals surface area contributed by atoms with Gasteiger partial charge in [-0.3, -0.25) is 14.9 Å². The lowest BCUT2D eigenvalue weighted by Crippen LogP contribution is -2.43. The zero-order chi connectivity index (χ0) is 12.7. The SMILES string of the molecule is CSCCC(N)C(=O)NC(=O)c1ccccc1. The van der Waals surface area contributed by atoms with Crippen molar-refractivity contribution in [2.75, 3.05) is 12.0 Å². The molecule has 1 unspecified atom stereocenters. The summed E-state index contributed by atoms with van der Waals surface area (Å²) in [7, 11) is 0. The Hall–Kier alpha value is -1.33. The number of nitrogens with two attached hydrogens (primary N) is 1. The molecule has 0 aliphatic rings. The molecule has 1 aromatic carbocycles. The Morgan fingerprint density at radius 1 is 1.35 bits per heavy atom. The second-order valence-corrected chi connectivity index (χ2v) is 4.56. The van der Waals surface area contributed by atoms with Gasteiger partial charge in [-0.05, 0) is 30.6 Å². The van der Waals surface area contributed by atoms with Crippen LogP contribution in [0.4, 0.5) is 0 Å². The standard InChI is InChI=1S/C12H16N2O2S/c1-17-8-7-10(13)12(16)14-11(15)9-5-3-2-4-6-9/h2-6,10H,7-8,13H2,1H3,(H,14,15,16). The van der Waals surface area contributed by atoms with Gasteiger partial charge in [0.05, 0.1) is 6.04 Å². The highest BCUT2D eigenvalue weighted by atomic mass is 32.2. The van der Waals surface area contributed by atoms with E-state index < -0.39 is 17.9 Å². The molecule has 17 heavy (non-hydrogen) atoms. The summed E-state index contributed by atoms with van der Waals surface area (Å²) in [6.45, 7) is 0. The van der Waals surface area contributed by atoms with Gasteiger partial charge in [0.25, 0.3) is 5.91 Å². The van der Waals surface area contributed by atoms with Crippen LogP contribution in [0.5, 0.6) is 0 Å². The summed E-state index contributed by atoms with van der Waals surface area (Å²) in [6, 6.07) is 7.96. The number of amides is 2. The van der Waals surface area contributed by atoms with Crippen molar-refractivity contribution in [3.05, 3.63) is 35.9 Å². The van der Waals surface area contributed by atoms with Crippen LogP contribution in [0, 0.1) is 0 Å². The molecule has 0 aliphatic carbocycles. The Balaban J connectivity index is 2.49. The van der Waals surface area contributed by atoms with Crippen molar-refractivity contribution in [3.63, 3.8) is 0 Å². The zero-order valence-corrected chi connectivity index (χ0v) is 10.5. The number of nitrogens with one attached hydrogen (secondary N) is 1. The van der Waals surface area contributed by atoms with Gasteiger partial charge in [0.15, 0.2) is 0 Å². The summed E-state index contributed by atoms with van der Waals surface area (Å²) in [5.41, 5.74) is 6.11. The lowest BCUT2D eigenvalue weighted by molar-refractivity contribution is -0.121. The average molecular weight is 252 g/mol. The van der Waals surface area contributed by atoms with Crippen molar-refractivity contribution in [2.24, 2.45) is 5.73 Å². The number of imide groups is 1. The molecule has 0 radical (unpaired) electrons. The van der Waals surface area contributed by atoms with Gasteiger partial charge in [0.2, 0.25) is 5.91 Å². The lowest BCUT2D eigenvalue weighted by atomic mass is 10.2. The molecule has 0 aromatic heterocycles. The Bertz CT molecular complexity index is 381. The molecule has 5 heteroatoms. The molecule has 0 heterocycles. The van der Waals surface area contributed by atoms with Gasteiger partial charge in [-0.25, -0.2) is 0 Å². The van der Waals surface area contributed by atoms with Crippen molar-refractivity contribution in [2.45, 2.75) is 12.5 Å². The predicted molar refractivity (Wildman–Crippen MR) is 69.9 cm³/mol. The number of carbonyl (C=O) groups excluding carboxylic acids is 2. The van der Waals surface area contributed by atoms with Crippen molar-refractivity contribution >= 4 is 23.6 Å². The van der Waals surface area contributed by atoms with E-state index in [4.69, 9.17) is 5.73 Å². The topological polar surface area (TPSA) is 72.2 Å². The number of carbonyl (C=O) groups is 2. The molecular formula is C12H16N2O2S. The first kappa shape index (κ1) is 13.7. The van der Waals surface area contributed by atoms with Crippen LogP contribution >= 0.6 is 11.8 Å². The molecule has 0 saturated carbocycles. The van der Waals surface area contributed by atoms with Crippen molar-refractivity contribution in [1.29, 1.82) is 0 Å². The summed E-state index contributed by atoms with van der Waals surface area (Å²) in [4.78, 5) is 23.2. The summed E-state index contributed by atoms with van der Waals surface area (Å²) < 4.78 is 0. The van der Waals surface area contributed by atoms with Gasteiger partial charge in [-0.2, -0.15) is 11.8 Å². The maximum Gasteiger partial charge on any atom is 0.257 e. The molecule has 0 saturated heterocycles. The molecule has 0 bridgehead atoms. The molecule has 1 atom stereocenters. The van der Waals surface area contributed by atoms with Crippen molar-refractivity contribution in [1.82, 2.24) is 5.32 Å². The van der Waals surface area contributed by atoms with Gasteiger partial charge in [0, 0.05) is 5.56 Å². The second-order valence-electron chi connectivity index (χ2n) is 3.57. The van der Waals surface area contributed by atoms with Crippen molar-refractivity contribution < 1.29 is 9.59 Å². The minimum Gasteiger partial charge on any atom is -0.320 e. The van der Waals surface area contributed by atoms with E-state index in [1.165, 1.54) is 0 Å². The van der Waals surface area contributed by atoms with E-state index in [-0.39, 0.29) is 0 Å². The van der Waals surface area contributed by atoms with E-state index >= 15 is 0 Å². The smallest absolute Gasteiger partial charge is 0.257 e. The largest absolute Gasteiger partial charge is 0.320 e. The molecule has 0 fully saturated rings. The average Bonchev–Trinajstić information content (AvgIpc) is 2.36. The fourth-order valence-corrected chi connectivity index (χ4v) is 1.73. The quantitative estimate of drug-likeness (QED) is 0.821. The minimum atomic E-state index is -0.630. The molecule has 4 nitrogen and oxygen atoms in total. The number of hydrogen-bond donors (Lipinski definition) is 2. The molecule has 2 amide bonds. The van der Waals surface area contributed by atoms with Crippen molar-refractivity contribution in [3.8, 4) is 0 Å². The molecule has 1 aromatic rings. The Morgan fingerprint density at radius 2 is 2.00 bits per heavy atom. The van der Waals surface area contributed by atoms with Gasteiger partial charge in [-0.15, -0.1) is 0 Å². The molecule has 3 N–H and O–H groups in total. The maximum absolute atomic E-state index is 11.6. The molecule has 0 spiro atoms. The first-order valence-electron chi connectivity index (χ1n) is 5.30. The van der Waals surface area contributed by atoms with E-state index in [1.54, 1.807) is 36.0 Å². The van der Waals surface area contributed by atoms with Gasteiger partial charge in [0.1, 0.15) is 0 Å². The Morgan fingerprint density at radius 3 is 2.59 bits per heavy atom. The maximum atomic E-state index is 11.6. The molecule has 92 valence electrons. The van der Waals surface area contributed by atoms with E-state index in [9.17, 15) is 9.59 Å². The third kappa shape index (κ3) is 4.58. The zero-order valence-electron chi connectivity index (χ0n) is 9.68. The third-order valence-electron chi connectivity index (χ3n) is 2.24. The first-order chi connectivity index (χ1) is 8.15. The van der Waals surface area contributed by atoms with Gasteiger partial charge in [-0.1, -0.05) is 18.2 Å². The summed E-state index contributed by atoms with van der Waals surface area (Å²) in [6.07, 6.45) is 2.51. The van der Waals surface area contributed by atoms with E-state index in [0.29, 0.717) is 12.0 Å². The van der Waals surface area contributed by atoms with Gasteiger partial charge >= 0.3 is 0 Å². The highest BCUT2D eigenvalue weighted by molar-refractivity contribution is 7.98. The van der Waals surface area contributed by atoms with E-state index in [1.807, 2.05) is 12.3 Å².